The number of carbonyl (C=O) groups excluding carboxylic acids is 2. The number of aliphatic hydroxyl groups is 1. The van der Waals surface area contributed by atoms with Gasteiger partial charge in [0, 0.05) is 44.6 Å². The molecule has 0 radical (unpaired) electrons. The molecule has 0 spiro atoms. The van der Waals surface area contributed by atoms with Gasteiger partial charge >= 0.3 is 0 Å². The fraction of sp³-hybridized carbons (Fsp3) is 0.765. The van der Waals surface area contributed by atoms with E-state index in [0.29, 0.717) is 49.6 Å². The van der Waals surface area contributed by atoms with Gasteiger partial charge in [0.25, 0.3) is 0 Å². The molecule has 1 aliphatic heterocycles. The number of phenols is 1. The number of aromatic hydroxyl groups is 1. The number of fused-ring (bicyclic) bond motifs is 5. The van der Waals surface area contributed by atoms with E-state index in [-0.39, 0.29) is 28.6 Å². The quantitative estimate of drug-likeness (QED) is 0.463. The van der Waals surface area contributed by atoms with Gasteiger partial charge in [0.1, 0.15) is 11.8 Å². The van der Waals surface area contributed by atoms with Crippen LogP contribution in [0.5, 0.6) is 5.75 Å². The topological polar surface area (TPSA) is 93.1 Å². The molecule has 228 valence electrons. The molecule has 4 aliphatic rings. The van der Waals surface area contributed by atoms with E-state index in [2.05, 4.69) is 23.2 Å². The van der Waals surface area contributed by atoms with Gasteiger partial charge in [-0.15, -0.1) is 0 Å². The molecule has 0 bridgehead atoms. The van der Waals surface area contributed by atoms with E-state index < -0.39 is 11.6 Å². The summed E-state index contributed by atoms with van der Waals surface area (Å²) in [6.07, 6.45) is 6.59. The minimum atomic E-state index is -0.717. The van der Waals surface area contributed by atoms with Crippen LogP contribution >= 0.6 is 0 Å². The normalized spacial score (nSPS) is 32.7. The minimum Gasteiger partial charge on any atom is -0.508 e. The molecule has 5 rings (SSSR count). The summed E-state index contributed by atoms with van der Waals surface area (Å²) in [5.41, 5.74) is 1.79. The lowest BCUT2D eigenvalue weighted by Gasteiger charge is -2.54. The van der Waals surface area contributed by atoms with Gasteiger partial charge in [0.15, 0.2) is 0 Å². The van der Waals surface area contributed by atoms with Crippen LogP contribution in [0.3, 0.4) is 0 Å². The highest BCUT2D eigenvalue weighted by Crippen LogP contribution is 2.64. The molecule has 3 aliphatic carbocycles. The highest BCUT2D eigenvalue weighted by molar-refractivity contribution is 5.88. The lowest BCUT2D eigenvalue weighted by molar-refractivity contribution is -0.142. The van der Waals surface area contributed by atoms with Gasteiger partial charge in [-0.05, 0) is 90.9 Å². The van der Waals surface area contributed by atoms with Crippen molar-refractivity contribution >= 4 is 11.8 Å². The maximum absolute atomic E-state index is 13.5. The van der Waals surface area contributed by atoms with Crippen molar-refractivity contribution in [3.05, 3.63) is 29.3 Å². The van der Waals surface area contributed by atoms with Gasteiger partial charge in [-0.3, -0.25) is 14.5 Å². The Labute approximate surface area is 247 Å². The molecule has 1 aromatic carbocycles. The highest BCUT2D eigenvalue weighted by atomic mass is 16.3. The standard InChI is InChI=1S/C34H53N3O4/c1-22(2)30(35-29(39)20-32(3,4)5)31(40)37-17-15-36(16-18-37)21-34(41)14-12-28-27-9-7-23-19-24(38)8-10-25(23)26(27)11-13-33(28,34)6/h8,10,19,22,26-28,30,38,41H,7,9,11-18,20-21H2,1-6H3,(H,35,39)/t26-,27-,28+,30+,33+,34-/m1/s1. The van der Waals surface area contributed by atoms with Gasteiger partial charge in [-0.25, -0.2) is 0 Å². The molecule has 3 N–H and O–H groups in total. The summed E-state index contributed by atoms with van der Waals surface area (Å²) < 4.78 is 0. The molecular weight excluding hydrogens is 514 g/mol. The first-order chi connectivity index (χ1) is 19.2. The first kappa shape index (κ1) is 30.3. The number of nitrogens with zero attached hydrogens (tertiary/aromatic N) is 2. The summed E-state index contributed by atoms with van der Waals surface area (Å²) in [5.74, 6) is 1.97. The average molecular weight is 568 g/mol. The first-order valence-corrected chi connectivity index (χ1v) is 16.1. The minimum absolute atomic E-state index is 0.0118. The van der Waals surface area contributed by atoms with Crippen molar-refractivity contribution in [1.82, 2.24) is 15.1 Å². The number of rotatable bonds is 6. The van der Waals surface area contributed by atoms with E-state index >= 15 is 0 Å². The van der Waals surface area contributed by atoms with Crippen LogP contribution < -0.4 is 5.32 Å². The Morgan fingerprint density at radius 1 is 1.07 bits per heavy atom. The van der Waals surface area contributed by atoms with E-state index in [9.17, 15) is 19.8 Å². The van der Waals surface area contributed by atoms with Crippen LogP contribution in [-0.4, -0.2) is 76.2 Å². The van der Waals surface area contributed by atoms with Crippen LogP contribution in [-0.2, 0) is 16.0 Å². The Kier molecular flexibility index (Phi) is 8.27. The Morgan fingerprint density at radius 3 is 2.44 bits per heavy atom. The number of benzene rings is 1. The van der Waals surface area contributed by atoms with E-state index in [1.54, 1.807) is 0 Å². The third-order valence-corrected chi connectivity index (χ3v) is 11.1. The van der Waals surface area contributed by atoms with Crippen LogP contribution in [0, 0.1) is 28.6 Å². The maximum Gasteiger partial charge on any atom is 0.245 e. The molecule has 2 saturated carbocycles. The zero-order valence-electron chi connectivity index (χ0n) is 26.2. The monoisotopic (exact) mass is 567 g/mol. The Balaban J connectivity index is 1.19. The predicted molar refractivity (Wildman–Crippen MR) is 162 cm³/mol. The summed E-state index contributed by atoms with van der Waals surface area (Å²) in [7, 11) is 0. The molecule has 0 unspecified atom stereocenters. The molecule has 7 nitrogen and oxygen atoms in total. The number of piperazine rings is 1. The zero-order chi connectivity index (χ0) is 29.7. The molecule has 6 atom stereocenters. The number of nitrogens with one attached hydrogen (secondary N) is 1. The van der Waals surface area contributed by atoms with Gasteiger partial charge in [0.05, 0.1) is 5.60 Å². The van der Waals surface area contributed by atoms with Crippen LogP contribution in [0.4, 0.5) is 0 Å². The number of hydrogen-bond acceptors (Lipinski definition) is 5. The second kappa shape index (κ2) is 11.2. The van der Waals surface area contributed by atoms with E-state index in [0.717, 1.165) is 51.6 Å². The first-order valence-electron chi connectivity index (χ1n) is 16.1. The smallest absolute Gasteiger partial charge is 0.245 e. The van der Waals surface area contributed by atoms with Gasteiger partial charge in [-0.2, -0.15) is 0 Å². The molecule has 41 heavy (non-hydrogen) atoms. The lowest BCUT2D eigenvalue weighted by Crippen LogP contribution is -2.60. The lowest BCUT2D eigenvalue weighted by atomic mass is 9.53. The van der Waals surface area contributed by atoms with Gasteiger partial charge in [-0.1, -0.05) is 47.6 Å². The van der Waals surface area contributed by atoms with Crippen molar-refractivity contribution in [2.75, 3.05) is 32.7 Å². The maximum atomic E-state index is 13.5. The predicted octanol–water partition coefficient (Wildman–Crippen LogP) is 4.70. The fourth-order valence-electron chi connectivity index (χ4n) is 8.85. The van der Waals surface area contributed by atoms with Crippen molar-refractivity contribution in [2.45, 2.75) is 104 Å². The molecule has 0 aromatic heterocycles. The number of aryl methyl sites for hydroxylation is 1. The zero-order valence-corrected chi connectivity index (χ0v) is 26.2. The fourth-order valence-corrected chi connectivity index (χ4v) is 8.85. The molecule has 1 aromatic rings. The third-order valence-electron chi connectivity index (χ3n) is 11.1. The molecular formula is C34H53N3O4. The van der Waals surface area contributed by atoms with E-state index in [1.165, 1.54) is 11.1 Å². The second-order valence-corrected chi connectivity index (χ2v) is 15.5. The van der Waals surface area contributed by atoms with Crippen LogP contribution in [0.1, 0.15) is 97.1 Å². The van der Waals surface area contributed by atoms with Crippen molar-refractivity contribution in [1.29, 1.82) is 0 Å². The molecule has 3 fully saturated rings. The average Bonchev–Trinajstić information content (AvgIpc) is 3.16. The highest BCUT2D eigenvalue weighted by Gasteiger charge is 2.61. The number of amides is 2. The summed E-state index contributed by atoms with van der Waals surface area (Å²) in [4.78, 5) is 30.4. The van der Waals surface area contributed by atoms with Crippen LogP contribution in [0.25, 0.3) is 0 Å². The number of hydrogen-bond donors (Lipinski definition) is 3. The summed E-state index contributed by atoms with van der Waals surface area (Å²) in [6, 6.07) is 5.44. The molecule has 2 amide bonds. The third kappa shape index (κ3) is 5.90. The summed E-state index contributed by atoms with van der Waals surface area (Å²) in [5, 5.41) is 25.3. The van der Waals surface area contributed by atoms with Crippen LogP contribution in [0.2, 0.25) is 0 Å². The molecule has 7 heteroatoms. The van der Waals surface area contributed by atoms with Crippen molar-refractivity contribution < 1.29 is 19.8 Å². The SMILES string of the molecule is CC(C)[C@H](NC(=O)CC(C)(C)C)C(=O)N1CCN(C[C@]2(O)CC[C@H]3[C@@H]4CCc5cc(O)ccc5[C@H]4CC[C@@]32C)CC1. The second-order valence-electron chi connectivity index (χ2n) is 15.5. The van der Waals surface area contributed by atoms with E-state index in [4.69, 9.17) is 0 Å². The Bertz CT molecular complexity index is 1140. The van der Waals surface area contributed by atoms with Gasteiger partial charge < -0.3 is 20.4 Å². The number of β-amino-alcohol motifs (C(OH)–C–C–N with tert-alkyl or cyclic N) is 1. The summed E-state index contributed by atoms with van der Waals surface area (Å²) in [6.45, 7) is 15.8. The largest absolute Gasteiger partial charge is 0.508 e. The van der Waals surface area contributed by atoms with Crippen molar-refractivity contribution in [3.8, 4) is 5.75 Å². The van der Waals surface area contributed by atoms with Gasteiger partial charge in [0.2, 0.25) is 11.8 Å². The molecule has 1 saturated heterocycles. The van der Waals surface area contributed by atoms with Crippen LogP contribution in [0.15, 0.2) is 18.2 Å². The molecule has 1 heterocycles. The number of phenolic OH excluding ortho intramolecular Hbond substituents is 1. The number of carbonyl (C=O) groups is 2. The van der Waals surface area contributed by atoms with Crippen molar-refractivity contribution in [3.63, 3.8) is 0 Å². The Morgan fingerprint density at radius 2 is 1.78 bits per heavy atom. The van der Waals surface area contributed by atoms with E-state index in [1.807, 2.05) is 51.7 Å². The Hall–Kier alpha value is -2.12. The summed E-state index contributed by atoms with van der Waals surface area (Å²) >= 11 is 0. The van der Waals surface area contributed by atoms with Crippen molar-refractivity contribution in [2.24, 2.45) is 28.6 Å².